The molecular formula is C14H18ClNO2. The lowest BCUT2D eigenvalue weighted by atomic mass is 9.91. The third kappa shape index (κ3) is 2.68. The van der Waals surface area contributed by atoms with Crippen molar-refractivity contribution in [3.05, 3.63) is 34.9 Å². The van der Waals surface area contributed by atoms with E-state index in [-0.39, 0.29) is 11.9 Å². The summed E-state index contributed by atoms with van der Waals surface area (Å²) in [6.07, 6.45) is 3.29. The van der Waals surface area contributed by atoms with Gasteiger partial charge < -0.3 is 10.0 Å². The summed E-state index contributed by atoms with van der Waals surface area (Å²) in [5.74, 6) is -0.119. The van der Waals surface area contributed by atoms with E-state index in [9.17, 15) is 9.90 Å². The third-order valence-corrected chi connectivity index (χ3v) is 3.95. The highest BCUT2D eigenvalue weighted by atomic mass is 35.5. The van der Waals surface area contributed by atoms with E-state index in [0.29, 0.717) is 10.6 Å². The number of halogens is 1. The van der Waals surface area contributed by atoms with Crippen LogP contribution in [0, 0.1) is 0 Å². The van der Waals surface area contributed by atoms with Crippen LogP contribution >= 0.6 is 11.6 Å². The first-order chi connectivity index (χ1) is 8.61. The number of aliphatic hydroxyl groups is 1. The average molecular weight is 268 g/mol. The largest absolute Gasteiger partial charge is 0.391 e. The molecule has 1 aromatic rings. The summed E-state index contributed by atoms with van der Waals surface area (Å²) in [4.78, 5) is 14.0. The Hall–Kier alpha value is -1.06. The van der Waals surface area contributed by atoms with Gasteiger partial charge in [0.05, 0.1) is 22.7 Å². The molecule has 0 radical (unpaired) electrons. The molecule has 2 rings (SSSR count). The predicted molar refractivity (Wildman–Crippen MR) is 71.8 cm³/mol. The van der Waals surface area contributed by atoms with Crippen molar-refractivity contribution in [3.63, 3.8) is 0 Å². The zero-order valence-electron chi connectivity index (χ0n) is 10.5. The topological polar surface area (TPSA) is 40.5 Å². The lowest BCUT2D eigenvalue weighted by Crippen LogP contribution is -2.46. The first kappa shape index (κ1) is 13.4. The fraction of sp³-hybridized carbons (Fsp3) is 0.500. The number of nitrogens with zero attached hydrogens (tertiary/aromatic N) is 1. The molecule has 1 aromatic carbocycles. The van der Waals surface area contributed by atoms with Crippen molar-refractivity contribution in [2.75, 3.05) is 7.05 Å². The molecule has 0 unspecified atom stereocenters. The molecule has 4 heteroatoms. The number of aliphatic hydroxyl groups excluding tert-OH is 1. The third-order valence-electron chi connectivity index (χ3n) is 3.62. The van der Waals surface area contributed by atoms with E-state index in [1.165, 1.54) is 0 Å². The van der Waals surface area contributed by atoms with Gasteiger partial charge in [-0.3, -0.25) is 4.79 Å². The molecule has 18 heavy (non-hydrogen) atoms. The predicted octanol–water partition coefficient (Wildman–Crippen LogP) is 2.72. The molecule has 1 N–H and O–H groups in total. The Morgan fingerprint density at radius 2 is 2.00 bits per heavy atom. The van der Waals surface area contributed by atoms with Crippen LogP contribution in [0.3, 0.4) is 0 Å². The summed E-state index contributed by atoms with van der Waals surface area (Å²) in [5.41, 5.74) is 0.499. The van der Waals surface area contributed by atoms with Crippen molar-refractivity contribution in [2.24, 2.45) is 0 Å². The number of rotatable bonds is 2. The van der Waals surface area contributed by atoms with E-state index in [1.807, 2.05) is 0 Å². The van der Waals surface area contributed by atoms with Gasteiger partial charge in [0.2, 0.25) is 0 Å². The molecule has 1 aliphatic rings. The molecule has 0 spiro atoms. The normalized spacial score (nSPS) is 23.7. The second-order valence-corrected chi connectivity index (χ2v) is 5.22. The number of benzene rings is 1. The zero-order chi connectivity index (χ0) is 13.1. The molecule has 98 valence electrons. The molecular weight excluding hydrogens is 250 g/mol. The van der Waals surface area contributed by atoms with E-state index >= 15 is 0 Å². The van der Waals surface area contributed by atoms with Crippen LogP contribution in [-0.4, -0.2) is 35.1 Å². The molecule has 1 fully saturated rings. The maximum absolute atomic E-state index is 12.3. The summed E-state index contributed by atoms with van der Waals surface area (Å²) in [7, 11) is 1.74. The van der Waals surface area contributed by atoms with Gasteiger partial charge in [0, 0.05) is 7.05 Å². The molecule has 0 bridgehead atoms. The molecule has 1 saturated carbocycles. The Kier molecular flexibility index (Phi) is 4.25. The highest BCUT2D eigenvalue weighted by Crippen LogP contribution is 2.25. The van der Waals surface area contributed by atoms with Crippen LogP contribution in [0.1, 0.15) is 36.0 Å². The highest BCUT2D eigenvalue weighted by molar-refractivity contribution is 6.33. The first-order valence-corrected chi connectivity index (χ1v) is 6.69. The van der Waals surface area contributed by atoms with Crippen LogP contribution < -0.4 is 0 Å². The van der Waals surface area contributed by atoms with Gasteiger partial charge in [-0.1, -0.05) is 36.6 Å². The fourth-order valence-electron chi connectivity index (χ4n) is 2.52. The number of amides is 1. The lowest BCUT2D eigenvalue weighted by Gasteiger charge is -2.35. The van der Waals surface area contributed by atoms with Gasteiger partial charge in [-0.2, -0.15) is 0 Å². The minimum Gasteiger partial charge on any atom is -0.391 e. The van der Waals surface area contributed by atoms with Crippen LogP contribution in [-0.2, 0) is 0 Å². The zero-order valence-corrected chi connectivity index (χ0v) is 11.2. The van der Waals surface area contributed by atoms with Gasteiger partial charge in [0.25, 0.3) is 5.91 Å². The van der Waals surface area contributed by atoms with Gasteiger partial charge in [-0.25, -0.2) is 0 Å². The molecule has 0 aromatic heterocycles. The average Bonchev–Trinajstić information content (AvgIpc) is 2.38. The van der Waals surface area contributed by atoms with Gasteiger partial charge in [-0.15, -0.1) is 0 Å². The molecule has 2 atom stereocenters. The Labute approximate surface area is 112 Å². The monoisotopic (exact) mass is 267 g/mol. The quantitative estimate of drug-likeness (QED) is 0.895. The smallest absolute Gasteiger partial charge is 0.255 e. The minimum atomic E-state index is -0.421. The molecule has 0 saturated heterocycles. The van der Waals surface area contributed by atoms with Crippen molar-refractivity contribution in [2.45, 2.75) is 37.8 Å². The van der Waals surface area contributed by atoms with E-state index in [0.717, 1.165) is 25.7 Å². The fourth-order valence-corrected chi connectivity index (χ4v) is 2.74. The van der Waals surface area contributed by atoms with E-state index in [1.54, 1.807) is 36.2 Å². The molecule has 1 aliphatic carbocycles. The maximum atomic E-state index is 12.3. The van der Waals surface area contributed by atoms with E-state index in [2.05, 4.69) is 0 Å². The Bertz CT molecular complexity index is 436. The molecule has 3 nitrogen and oxygen atoms in total. The number of hydrogen-bond donors (Lipinski definition) is 1. The summed E-state index contributed by atoms with van der Waals surface area (Å²) < 4.78 is 0. The van der Waals surface area contributed by atoms with Crippen LogP contribution in [0.25, 0.3) is 0 Å². The summed E-state index contributed by atoms with van der Waals surface area (Å²) in [5, 5.41) is 10.4. The Morgan fingerprint density at radius 1 is 1.33 bits per heavy atom. The van der Waals surface area contributed by atoms with Crippen molar-refractivity contribution in [1.82, 2.24) is 4.90 Å². The molecule has 1 amide bonds. The minimum absolute atomic E-state index is 0.0949. The highest BCUT2D eigenvalue weighted by Gasteiger charge is 2.30. The number of carbonyl (C=O) groups excluding carboxylic acids is 1. The standard InChI is InChI=1S/C14H18ClNO2/c1-16(12-8-4-5-9-13(12)17)14(18)10-6-2-3-7-11(10)15/h2-3,6-7,12-13,17H,4-5,8-9H2,1H3/t12-,13-/m0/s1. The van der Waals surface area contributed by atoms with Crippen molar-refractivity contribution < 1.29 is 9.90 Å². The molecule has 0 aliphatic heterocycles. The van der Waals surface area contributed by atoms with Crippen LogP contribution in [0.2, 0.25) is 5.02 Å². The van der Waals surface area contributed by atoms with Crippen molar-refractivity contribution in [1.29, 1.82) is 0 Å². The van der Waals surface area contributed by atoms with Crippen molar-refractivity contribution >= 4 is 17.5 Å². The van der Waals surface area contributed by atoms with Gasteiger partial charge >= 0.3 is 0 Å². The first-order valence-electron chi connectivity index (χ1n) is 6.31. The Balaban J connectivity index is 2.16. The molecule has 0 heterocycles. The summed E-state index contributed by atoms with van der Waals surface area (Å²) >= 11 is 6.03. The Morgan fingerprint density at radius 3 is 2.67 bits per heavy atom. The SMILES string of the molecule is CN(C(=O)c1ccccc1Cl)[C@H]1CCCC[C@@H]1O. The van der Waals surface area contributed by atoms with Crippen LogP contribution in [0.5, 0.6) is 0 Å². The van der Waals surface area contributed by atoms with E-state index < -0.39 is 6.10 Å². The number of hydrogen-bond acceptors (Lipinski definition) is 2. The van der Waals surface area contributed by atoms with Gasteiger partial charge in [0.1, 0.15) is 0 Å². The van der Waals surface area contributed by atoms with Gasteiger partial charge in [0.15, 0.2) is 0 Å². The van der Waals surface area contributed by atoms with Crippen LogP contribution in [0.4, 0.5) is 0 Å². The maximum Gasteiger partial charge on any atom is 0.255 e. The lowest BCUT2D eigenvalue weighted by molar-refractivity contribution is 0.0268. The summed E-state index contributed by atoms with van der Waals surface area (Å²) in [6.45, 7) is 0. The second kappa shape index (κ2) is 5.72. The van der Waals surface area contributed by atoms with Crippen molar-refractivity contribution in [3.8, 4) is 0 Å². The summed E-state index contributed by atoms with van der Waals surface area (Å²) in [6, 6.07) is 6.93. The number of carbonyl (C=O) groups is 1. The second-order valence-electron chi connectivity index (χ2n) is 4.82. The van der Waals surface area contributed by atoms with Gasteiger partial charge in [-0.05, 0) is 25.0 Å². The van der Waals surface area contributed by atoms with E-state index in [4.69, 9.17) is 11.6 Å². The number of likely N-dealkylation sites (N-methyl/N-ethyl adjacent to an activating group) is 1. The van der Waals surface area contributed by atoms with Crippen LogP contribution in [0.15, 0.2) is 24.3 Å².